The Balaban J connectivity index is 2.93. The highest BCUT2D eigenvalue weighted by molar-refractivity contribution is 7.89. The number of hydrogen-bond acceptors (Lipinski definition) is 4. The number of aromatic nitrogens is 2. The van der Waals surface area contributed by atoms with E-state index in [4.69, 9.17) is 5.26 Å². The van der Waals surface area contributed by atoms with Crippen molar-refractivity contribution in [3.05, 3.63) is 12.0 Å². The van der Waals surface area contributed by atoms with E-state index in [-0.39, 0.29) is 5.03 Å². The summed E-state index contributed by atoms with van der Waals surface area (Å²) in [6.45, 7) is 3.61. The van der Waals surface area contributed by atoms with Crippen molar-refractivity contribution in [2.75, 3.05) is 0 Å². The van der Waals surface area contributed by atoms with Crippen molar-refractivity contribution in [2.45, 2.75) is 37.8 Å². The molecule has 0 aliphatic rings. The standard InChI is InChI=1S/C10H16N4O2S/c1-4-5-9(6-11)13-17(15,16)10-7-14(3)8(2)12-10/h7,9,13H,4-5H2,1-3H3. The summed E-state index contributed by atoms with van der Waals surface area (Å²) < 4.78 is 27.8. The first-order valence-electron chi connectivity index (χ1n) is 5.32. The zero-order valence-corrected chi connectivity index (χ0v) is 11.0. The molecule has 0 saturated heterocycles. The van der Waals surface area contributed by atoms with Crippen LogP contribution in [0.3, 0.4) is 0 Å². The van der Waals surface area contributed by atoms with Gasteiger partial charge in [0.25, 0.3) is 10.0 Å². The summed E-state index contributed by atoms with van der Waals surface area (Å²) >= 11 is 0. The third-order valence-electron chi connectivity index (χ3n) is 2.39. The van der Waals surface area contributed by atoms with Gasteiger partial charge in [0, 0.05) is 13.2 Å². The maximum Gasteiger partial charge on any atom is 0.260 e. The Hall–Kier alpha value is -1.39. The van der Waals surface area contributed by atoms with Gasteiger partial charge in [-0.3, -0.25) is 0 Å². The van der Waals surface area contributed by atoms with Crippen LogP contribution >= 0.6 is 0 Å². The Morgan fingerprint density at radius 1 is 1.65 bits per heavy atom. The van der Waals surface area contributed by atoms with Crippen molar-refractivity contribution in [1.82, 2.24) is 14.3 Å². The van der Waals surface area contributed by atoms with E-state index in [1.165, 1.54) is 6.20 Å². The fourth-order valence-corrected chi connectivity index (χ4v) is 2.56. The van der Waals surface area contributed by atoms with Crippen molar-refractivity contribution >= 4 is 10.0 Å². The Morgan fingerprint density at radius 3 is 2.71 bits per heavy atom. The van der Waals surface area contributed by atoms with Crippen LogP contribution in [0.2, 0.25) is 0 Å². The van der Waals surface area contributed by atoms with Gasteiger partial charge in [-0.1, -0.05) is 13.3 Å². The van der Waals surface area contributed by atoms with Gasteiger partial charge >= 0.3 is 0 Å². The number of nitrogens with zero attached hydrogens (tertiary/aromatic N) is 3. The van der Waals surface area contributed by atoms with Gasteiger partial charge in [0.05, 0.1) is 6.07 Å². The summed E-state index contributed by atoms with van der Waals surface area (Å²) in [6, 6.07) is 1.22. The van der Waals surface area contributed by atoms with Crippen LogP contribution in [0.15, 0.2) is 11.2 Å². The lowest BCUT2D eigenvalue weighted by Gasteiger charge is -2.08. The van der Waals surface area contributed by atoms with E-state index >= 15 is 0 Å². The molecule has 17 heavy (non-hydrogen) atoms. The van der Waals surface area contributed by atoms with Gasteiger partial charge in [-0.25, -0.2) is 13.4 Å². The molecule has 0 aliphatic heterocycles. The average Bonchev–Trinajstić information content (AvgIpc) is 2.59. The highest BCUT2D eigenvalue weighted by atomic mass is 32.2. The van der Waals surface area contributed by atoms with E-state index in [0.29, 0.717) is 12.2 Å². The number of imidazole rings is 1. The van der Waals surface area contributed by atoms with Gasteiger partial charge in [-0.2, -0.15) is 9.98 Å². The van der Waals surface area contributed by atoms with Crippen molar-refractivity contribution < 1.29 is 8.42 Å². The van der Waals surface area contributed by atoms with Crippen molar-refractivity contribution in [3.63, 3.8) is 0 Å². The molecule has 0 saturated carbocycles. The fraction of sp³-hybridized carbons (Fsp3) is 0.600. The molecule has 0 fully saturated rings. The van der Waals surface area contributed by atoms with Crippen molar-refractivity contribution in [2.24, 2.45) is 7.05 Å². The molecule has 0 bridgehead atoms. The molecule has 1 aromatic heterocycles. The van der Waals surface area contributed by atoms with E-state index in [1.807, 2.05) is 13.0 Å². The molecule has 6 nitrogen and oxygen atoms in total. The second kappa shape index (κ2) is 5.29. The molecule has 7 heteroatoms. The number of hydrogen-bond donors (Lipinski definition) is 1. The lowest BCUT2D eigenvalue weighted by molar-refractivity contribution is 0.559. The summed E-state index contributed by atoms with van der Waals surface area (Å²) in [6.07, 6.45) is 2.65. The maximum absolute atomic E-state index is 11.9. The van der Waals surface area contributed by atoms with E-state index in [2.05, 4.69) is 9.71 Å². The van der Waals surface area contributed by atoms with Gasteiger partial charge in [-0.15, -0.1) is 0 Å². The molecular weight excluding hydrogens is 240 g/mol. The first-order valence-corrected chi connectivity index (χ1v) is 6.81. The van der Waals surface area contributed by atoms with Gasteiger partial charge in [-0.05, 0) is 13.3 Å². The summed E-state index contributed by atoms with van der Waals surface area (Å²) in [7, 11) is -1.98. The average molecular weight is 256 g/mol. The number of nitriles is 1. The summed E-state index contributed by atoms with van der Waals surface area (Å²) in [5.74, 6) is 0.606. The minimum absolute atomic E-state index is 0.0474. The monoisotopic (exact) mass is 256 g/mol. The molecule has 1 heterocycles. The fourth-order valence-electron chi connectivity index (χ4n) is 1.34. The van der Waals surface area contributed by atoms with Crippen LogP contribution < -0.4 is 4.72 Å². The van der Waals surface area contributed by atoms with E-state index in [9.17, 15) is 8.42 Å². The predicted molar refractivity (Wildman–Crippen MR) is 62.6 cm³/mol. The molecule has 1 N–H and O–H groups in total. The summed E-state index contributed by atoms with van der Waals surface area (Å²) in [5.41, 5.74) is 0. The smallest absolute Gasteiger partial charge is 0.260 e. The quantitative estimate of drug-likeness (QED) is 0.840. The third-order valence-corrected chi connectivity index (χ3v) is 3.73. The second-order valence-electron chi connectivity index (χ2n) is 3.83. The molecule has 0 aliphatic carbocycles. The van der Waals surface area contributed by atoms with E-state index < -0.39 is 16.1 Å². The van der Waals surface area contributed by atoms with Crippen LogP contribution in [0.25, 0.3) is 0 Å². The molecule has 0 aromatic carbocycles. The molecule has 1 atom stereocenters. The zero-order chi connectivity index (χ0) is 13.1. The number of rotatable bonds is 5. The minimum atomic E-state index is -3.70. The zero-order valence-electron chi connectivity index (χ0n) is 10.1. The van der Waals surface area contributed by atoms with Crippen LogP contribution in [-0.4, -0.2) is 24.0 Å². The Morgan fingerprint density at radius 2 is 2.29 bits per heavy atom. The van der Waals surface area contributed by atoms with Crippen molar-refractivity contribution in [1.29, 1.82) is 5.26 Å². The Bertz CT molecular complexity index is 507. The van der Waals surface area contributed by atoms with Crippen LogP contribution in [0, 0.1) is 18.3 Å². The normalized spacial score (nSPS) is 13.3. The Labute approximate surface area is 101 Å². The number of nitrogens with one attached hydrogen (secondary N) is 1. The highest BCUT2D eigenvalue weighted by Gasteiger charge is 2.22. The van der Waals surface area contributed by atoms with Crippen LogP contribution in [0.1, 0.15) is 25.6 Å². The lowest BCUT2D eigenvalue weighted by Crippen LogP contribution is -2.33. The molecule has 0 spiro atoms. The van der Waals surface area contributed by atoms with E-state index in [1.54, 1.807) is 18.5 Å². The van der Waals surface area contributed by atoms with E-state index in [0.717, 1.165) is 6.42 Å². The van der Waals surface area contributed by atoms with Gasteiger partial charge in [0.2, 0.25) is 0 Å². The molecule has 0 amide bonds. The van der Waals surface area contributed by atoms with Crippen LogP contribution in [-0.2, 0) is 17.1 Å². The van der Waals surface area contributed by atoms with Crippen LogP contribution in [0.4, 0.5) is 0 Å². The SMILES string of the molecule is CCCC(C#N)NS(=O)(=O)c1cn(C)c(C)n1. The largest absolute Gasteiger partial charge is 0.337 e. The first-order chi connectivity index (χ1) is 7.90. The Kier molecular flexibility index (Phi) is 4.26. The predicted octanol–water partition coefficient (Wildman–Crippen LogP) is 0.699. The van der Waals surface area contributed by atoms with Gasteiger partial charge in [0.1, 0.15) is 11.9 Å². The third kappa shape index (κ3) is 3.28. The van der Waals surface area contributed by atoms with Gasteiger partial charge < -0.3 is 4.57 Å². The summed E-state index contributed by atoms with van der Waals surface area (Å²) in [4.78, 5) is 3.93. The first kappa shape index (κ1) is 13.7. The lowest BCUT2D eigenvalue weighted by atomic mass is 10.2. The van der Waals surface area contributed by atoms with Gasteiger partial charge in [0.15, 0.2) is 5.03 Å². The molecule has 1 unspecified atom stereocenters. The number of sulfonamides is 1. The topological polar surface area (TPSA) is 87.8 Å². The second-order valence-corrected chi connectivity index (χ2v) is 5.49. The molecular formula is C10H16N4O2S. The summed E-state index contributed by atoms with van der Waals surface area (Å²) in [5, 5.41) is 8.78. The molecule has 1 aromatic rings. The maximum atomic E-state index is 11.9. The molecule has 1 rings (SSSR count). The van der Waals surface area contributed by atoms with Crippen LogP contribution in [0.5, 0.6) is 0 Å². The number of aryl methyl sites for hydroxylation is 2. The molecule has 94 valence electrons. The highest BCUT2D eigenvalue weighted by Crippen LogP contribution is 2.09. The van der Waals surface area contributed by atoms with Crippen molar-refractivity contribution in [3.8, 4) is 6.07 Å². The molecule has 0 radical (unpaired) electrons. The minimum Gasteiger partial charge on any atom is -0.337 e.